The fourth-order valence-electron chi connectivity index (χ4n) is 0.609. The Bertz CT molecular complexity index is 114. The van der Waals surface area contributed by atoms with Gasteiger partial charge < -0.3 is 15.8 Å². The Morgan fingerprint density at radius 3 is 2.80 bits per heavy atom. The van der Waals surface area contributed by atoms with Crippen molar-refractivity contribution in [1.29, 1.82) is 0 Å². The number of aliphatic imine (C=N–C) groups is 1. The van der Waals surface area contributed by atoms with E-state index in [0.717, 1.165) is 0 Å². The van der Waals surface area contributed by atoms with E-state index in [1.54, 1.807) is 14.2 Å². The molecule has 0 aromatic carbocycles. The third-order valence-electron chi connectivity index (χ3n) is 1.05. The zero-order chi connectivity index (χ0) is 7.98. The third kappa shape index (κ3) is 4.14. The number of nitrogens with zero attached hydrogens (tertiary/aromatic N) is 1. The zero-order valence-corrected chi connectivity index (χ0v) is 6.72. The monoisotopic (exact) mass is 145 g/mol. The molecule has 4 nitrogen and oxygen atoms in total. The molecule has 3 N–H and O–H groups in total. The number of rotatable bonds is 3. The molecule has 1 atom stereocenters. The molecule has 0 aromatic rings. The molecule has 0 rings (SSSR count). The van der Waals surface area contributed by atoms with Crippen molar-refractivity contribution >= 4 is 5.96 Å². The minimum atomic E-state index is 0.216. The molecular formula is C6H15N3O. The van der Waals surface area contributed by atoms with E-state index in [2.05, 4.69) is 10.3 Å². The van der Waals surface area contributed by atoms with Gasteiger partial charge in [0, 0.05) is 20.2 Å². The molecule has 0 bridgehead atoms. The van der Waals surface area contributed by atoms with Crippen LogP contribution in [-0.4, -0.2) is 32.8 Å². The van der Waals surface area contributed by atoms with Gasteiger partial charge in [-0.25, -0.2) is 0 Å². The molecule has 0 amide bonds. The molecule has 0 heterocycles. The summed E-state index contributed by atoms with van der Waals surface area (Å²) in [6.07, 6.45) is 0. The van der Waals surface area contributed by atoms with Crippen molar-refractivity contribution in [3.05, 3.63) is 0 Å². The second-order valence-corrected chi connectivity index (χ2v) is 2.11. The van der Waals surface area contributed by atoms with E-state index in [4.69, 9.17) is 10.5 Å². The summed E-state index contributed by atoms with van der Waals surface area (Å²) in [6.45, 7) is 2.61. The quantitative estimate of drug-likeness (QED) is 0.418. The summed E-state index contributed by atoms with van der Waals surface area (Å²) in [4.78, 5) is 3.74. The third-order valence-corrected chi connectivity index (χ3v) is 1.05. The van der Waals surface area contributed by atoms with Crippen molar-refractivity contribution in [2.75, 3.05) is 20.8 Å². The summed E-state index contributed by atoms with van der Waals surface area (Å²) in [5.41, 5.74) is 5.39. The van der Waals surface area contributed by atoms with E-state index < -0.39 is 0 Å². The average molecular weight is 145 g/mol. The summed E-state index contributed by atoms with van der Waals surface area (Å²) in [6, 6.07) is 0.216. The molecule has 60 valence electrons. The van der Waals surface area contributed by atoms with Crippen molar-refractivity contribution in [1.82, 2.24) is 5.32 Å². The van der Waals surface area contributed by atoms with Gasteiger partial charge in [0.15, 0.2) is 5.96 Å². The summed E-state index contributed by atoms with van der Waals surface area (Å²) >= 11 is 0. The summed E-state index contributed by atoms with van der Waals surface area (Å²) < 4.78 is 4.88. The predicted octanol–water partition coefficient (Wildman–Crippen LogP) is -0.445. The van der Waals surface area contributed by atoms with Gasteiger partial charge >= 0.3 is 0 Å². The van der Waals surface area contributed by atoms with Gasteiger partial charge in [-0.3, -0.25) is 4.99 Å². The van der Waals surface area contributed by atoms with Crippen LogP contribution in [0.2, 0.25) is 0 Å². The van der Waals surface area contributed by atoms with Crippen LogP contribution in [-0.2, 0) is 4.74 Å². The predicted molar refractivity (Wildman–Crippen MR) is 42.0 cm³/mol. The molecular weight excluding hydrogens is 130 g/mol. The lowest BCUT2D eigenvalue weighted by Gasteiger charge is -2.11. The Morgan fingerprint density at radius 1 is 1.80 bits per heavy atom. The number of hydrogen-bond acceptors (Lipinski definition) is 2. The maximum Gasteiger partial charge on any atom is 0.188 e. The fourth-order valence-corrected chi connectivity index (χ4v) is 0.609. The average Bonchev–Trinajstić information content (AvgIpc) is 1.88. The highest BCUT2D eigenvalue weighted by Crippen LogP contribution is 1.79. The molecule has 4 heteroatoms. The van der Waals surface area contributed by atoms with Crippen LogP contribution in [0, 0.1) is 0 Å². The summed E-state index contributed by atoms with van der Waals surface area (Å²) in [7, 11) is 3.29. The minimum absolute atomic E-state index is 0.216. The van der Waals surface area contributed by atoms with Crippen LogP contribution in [0.15, 0.2) is 4.99 Å². The lowest BCUT2D eigenvalue weighted by atomic mass is 10.4. The fraction of sp³-hybridized carbons (Fsp3) is 0.833. The van der Waals surface area contributed by atoms with Gasteiger partial charge in [0.05, 0.1) is 6.61 Å². The summed E-state index contributed by atoms with van der Waals surface area (Å²) in [5, 5.41) is 2.93. The van der Waals surface area contributed by atoms with E-state index in [0.29, 0.717) is 12.6 Å². The van der Waals surface area contributed by atoms with Crippen molar-refractivity contribution in [2.24, 2.45) is 10.7 Å². The first kappa shape index (κ1) is 9.23. The lowest BCUT2D eigenvalue weighted by Crippen LogP contribution is -2.40. The first-order valence-electron chi connectivity index (χ1n) is 3.18. The molecule has 0 aliphatic carbocycles. The number of ether oxygens (including phenoxy) is 1. The highest BCUT2D eigenvalue weighted by atomic mass is 16.5. The molecule has 0 aliphatic rings. The maximum absolute atomic E-state index is 5.39. The molecule has 0 saturated carbocycles. The largest absolute Gasteiger partial charge is 0.383 e. The smallest absolute Gasteiger partial charge is 0.188 e. The van der Waals surface area contributed by atoms with Crippen LogP contribution in [0.1, 0.15) is 6.92 Å². The molecule has 0 aromatic heterocycles. The second-order valence-electron chi connectivity index (χ2n) is 2.11. The van der Waals surface area contributed by atoms with Crippen LogP contribution in [0.4, 0.5) is 0 Å². The van der Waals surface area contributed by atoms with Crippen molar-refractivity contribution in [3.63, 3.8) is 0 Å². The Balaban J connectivity index is 3.47. The van der Waals surface area contributed by atoms with Crippen molar-refractivity contribution < 1.29 is 4.74 Å². The molecule has 0 fully saturated rings. The number of nitrogens with one attached hydrogen (secondary N) is 1. The van der Waals surface area contributed by atoms with Gasteiger partial charge in [0.1, 0.15) is 0 Å². The molecule has 0 saturated heterocycles. The van der Waals surface area contributed by atoms with E-state index in [1.165, 1.54) is 0 Å². The van der Waals surface area contributed by atoms with E-state index in [-0.39, 0.29) is 6.04 Å². The number of methoxy groups -OCH3 is 1. The minimum Gasteiger partial charge on any atom is -0.383 e. The molecule has 1 unspecified atom stereocenters. The maximum atomic E-state index is 5.39. The molecule has 0 radical (unpaired) electrons. The van der Waals surface area contributed by atoms with Crippen molar-refractivity contribution in [2.45, 2.75) is 13.0 Å². The second kappa shape index (κ2) is 5.05. The Morgan fingerprint density at radius 2 is 2.40 bits per heavy atom. The number of nitrogens with two attached hydrogens (primary N) is 1. The van der Waals surface area contributed by atoms with E-state index >= 15 is 0 Å². The molecule has 10 heavy (non-hydrogen) atoms. The molecule has 0 spiro atoms. The lowest BCUT2D eigenvalue weighted by molar-refractivity contribution is 0.179. The van der Waals surface area contributed by atoms with Gasteiger partial charge in [-0.1, -0.05) is 0 Å². The first-order chi connectivity index (χ1) is 4.70. The van der Waals surface area contributed by atoms with Gasteiger partial charge in [-0.15, -0.1) is 0 Å². The summed E-state index contributed by atoms with van der Waals surface area (Å²) in [5.74, 6) is 0.449. The number of hydrogen-bond donors (Lipinski definition) is 2. The highest BCUT2D eigenvalue weighted by molar-refractivity contribution is 5.77. The Kier molecular flexibility index (Phi) is 4.66. The van der Waals surface area contributed by atoms with Crippen LogP contribution in [0.25, 0.3) is 0 Å². The van der Waals surface area contributed by atoms with Crippen molar-refractivity contribution in [3.8, 4) is 0 Å². The highest BCUT2D eigenvalue weighted by Gasteiger charge is 1.99. The van der Waals surface area contributed by atoms with Gasteiger partial charge in [-0.2, -0.15) is 0 Å². The molecule has 0 aliphatic heterocycles. The normalized spacial score (nSPS) is 14.9. The van der Waals surface area contributed by atoms with Gasteiger partial charge in [0.25, 0.3) is 0 Å². The van der Waals surface area contributed by atoms with Crippen LogP contribution in [0.3, 0.4) is 0 Å². The zero-order valence-electron chi connectivity index (χ0n) is 6.72. The Hall–Kier alpha value is -0.770. The topological polar surface area (TPSA) is 59.6 Å². The standard InChI is InChI=1S/C6H15N3O/c1-5(4-10-3)9-6(7)8-2/h5H,4H2,1-3H3,(H3,7,8,9). The van der Waals surface area contributed by atoms with E-state index in [9.17, 15) is 0 Å². The van der Waals surface area contributed by atoms with E-state index in [1.807, 2.05) is 6.92 Å². The van der Waals surface area contributed by atoms with Crippen LogP contribution in [0.5, 0.6) is 0 Å². The van der Waals surface area contributed by atoms with Gasteiger partial charge in [-0.05, 0) is 6.92 Å². The van der Waals surface area contributed by atoms with Gasteiger partial charge in [0.2, 0.25) is 0 Å². The first-order valence-corrected chi connectivity index (χ1v) is 3.18. The SMILES string of the molecule is CN=C(N)NC(C)COC. The Labute approximate surface area is 61.5 Å². The number of guanidine groups is 1. The van der Waals surface area contributed by atoms with Crippen LogP contribution >= 0.6 is 0 Å². The van der Waals surface area contributed by atoms with Crippen LogP contribution < -0.4 is 11.1 Å².